The lowest BCUT2D eigenvalue weighted by Gasteiger charge is -2.41. The van der Waals surface area contributed by atoms with E-state index in [0.717, 1.165) is 80.2 Å². The number of carbonyl (C=O) groups is 1. The van der Waals surface area contributed by atoms with E-state index in [1.807, 2.05) is 16.7 Å². The van der Waals surface area contributed by atoms with Gasteiger partial charge in [0.05, 0.1) is 22.8 Å². The van der Waals surface area contributed by atoms with Gasteiger partial charge in [-0.2, -0.15) is 0 Å². The van der Waals surface area contributed by atoms with Crippen molar-refractivity contribution in [2.75, 3.05) is 61.0 Å². The van der Waals surface area contributed by atoms with Crippen LogP contribution in [0.15, 0.2) is 18.5 Å². The standard InChI is InChI=1S/C31H40N6O4S/c1-4-5-27(38)36-12-10-35(11-13-36)25-8-6-23(7-9-25)24-18-21(2)29-26(19-24)34-30-28(22(3)41-29)31(33-20-32-30)37-14-16-42(39,40)17-15-37/h18-20,22-23,25H,6-17H2,1-3H3,(H,32,33,34)/t22-,23?,25?/m1/s1. The molecule has 0 unspecified atom stereocenters. The highest BCUT2D eigenvalue weighted by Gasteiger charge is 2.33. The van der Waals surface area contributed by atoms with Crippen molar-refractivity contribution >= 4 is 33.1 Å². The zero-order chi connectivity index (χ0) is 29.4. The molecule has 42 heavy (non-hydrogen) atoms. The van der Waals surface area contributed by atoms with Crippen LogP contribution in [-0.4, -0.2) is 90.9 Å². The maximum absolute atomic E-state index is 12.1. The molecule has 0 spiro atoms. The van der Waals surface area contributed by atoms with Gasteiger partial charge in [-0.15, -0.1) is 0 Å². The number of anilines is 3. The minimum Gasteiger partial charge on any atom is -0.483 e. The number of carbonyl (C=O) groups excluding carboxylic acids is 1. The second-order valence-electron chi connectivity index (χ2n) is 11.9. The van der Waals surface area contributed by atoms with Gasteiger partial charge in [-0.05, 0) is 75.5 Å². The van der Waals surface area contributed by atoms with Gasteiger partial charge in [0.15, 0.2) is 9.84 Å². The second kappa shape index (κ2) is 11.7. The van der Waals surface area contributed by atoms with Gasteiger partial charge < -0.3 is 19.9 Å². The van der Waals surface area contributed by atoms with Crippen molar-refractivity contribution < 1.29 is 17.9 Å². The molecule has 4 heterocycles. The molecule has 0 radical (unpaired) electrons. The number of nitrogens with zero attached hydrogens (tertiary/aromatic N) is 5. The monoisotopic (exact) mass is 592 g/mol. The normalized spacial score (nSPS) is 25.5. The first kappa shape index (κ1) is 28.7. The van der Waals surface area contributed by atoms with Crippen LogP contribution in [0, 0.1) is 18.8 Å². The van der Waals surface area contributed by atoms with Crippen LogP contribution >= 0.6 is 0 Å². The number of piperazine rings is 1. The number of sulfone groups is 1. The molecule has 6 rings (SSSR count). The molecular formula is C31H40N6O4S. The average Bonchev–Trinajstić information content (AvgIpc) is 3.13. The fraction of sp³-hybridized carbons (Fsp3) is 0.581. The minimum absolute atomic E-state index is 0.0568. The Morgan fingerprint density at radius 2 is 1.74 bits per heavy atom. The molecule has 10 nitrogen and oxygen atoms in total. The van der Waals surface area contributed by atoms with Crippen LogP contribution in [0.1, 0.15) is 68.2 Å². The summed E-state index contributed by atoms with van der Waals surface area (Å²) in [6.07, 6.45) is 5.80. The van der Waals surface area contributed by atoms with Gasteiger partial charge in [-0.25, -0.2) is 18.4 Å². The predicted octanol–water partition coefficient (Wildman–Crippen LogP) is 3.41. The fourth-order valence-corrected chi connectivity index (χ4v) is 8.14. The summed E-state index contributed by atoms with van der Waals surface area (Å²) in [6, 6.07) is 5.06. The van der Waals surface area contributed by atoms with Gasteiger partial charge in [-0.3, -0.25) is 9.69 Å². The molecule has 1 N–H and O–H groups in total. The molecule has 2 aromatic rings. The number of aromatic nitrogens is 2. The number of hydrogen-bond acceptors (Lipinski definition) is 9. The first-order valence-electron chi connectivity index (χ1n) is 15.1. The Bertz CT molecular complexity index is 1500. The van der Waals surface area contributed by atoms with Gasteiger partial charge >= 0.3 is 0 Å². The second-order valence-corrected chi connectivity index (χ2v) is 14.2. The Labute approximate surface area is 248 Å². The van der Waals surface area contributed by atoms with Crippen molar-refractivity contribution in [3.05, 3.63) is 35.2 Å². The predicted molar refractivity (Wildman–Crippen MR) is 163 cm³/mol. The zero-order valence-corrected chi connectivity index (χ0v) is 25.5. The van der Waals surface area contributed by atoms with Gasteiger partial charge in [0.2, 0.25) is 0 Å². The van der Waals surface area contributed by atoms with Crippen LogP contribution in [0.2, 0.25) is 0 Å². The lowest BCUT2D eigenvalue weighted by Crippen LogP contribution is -2.52. The first-order valence-corrected chi connectivity index (χ1v) is 16.9. The number of amides is 1. The van der Waals surface area contributed by atoms with Crippen molar-refractivity contribution in [2.24, 2.45) is 0 Å². The molecule has 1 saturated carbocycles. The van der Waals surface area contributed by atoms with Crippen LogP contribution < -0.4 is 15.0 Å². The average molecular weight is 593 g/mol. The molecule has 3 aliphatic heterocycles. The summed E-state index contributed by atoms with van der Waals surface area (Å²) < 4.78 is 30.6. The molecule has 1 aliphatic carbocycles. The van der Waals surface area contributed by atoms with Crippen molar-refractivity contribution in [1.82, 2.24) is 19.8 Å². The summed E-state index contributed by atoms with van der Waals surface area (Å²) in [6.45, 7) is 9.99. The summed E-state index contributed by atoms with van der Waals surface area (Å²) in [5.41, 5.74) is 4.19. The van der Waals surface area contributed by atoms with Crippen molar-refractivity contribution in [3.8, 4) is 17.6 Å². The minimum atomic E-state index is -3.00. The number of ether oxygens (including phenoxy) is 1. The van der Waals surface area contributed by atoms with Gasteiger partial charge in [0.25, 0.3) is 5.91 Å². The summed E-state index contributed by atoms with van der Waals surface area (Å²) >= 11 is 0. The Balaban J connectivity index is 1.15. The van der Waals surface area contributed by atoms with E-state index in [2.05, 4.69) is 51.1 Å². The number of hydrogen-bond donors (Lipinski definition) is 1. The quantitative estimate of drug-likeness (QED) is 0.537. The Hall–Kier alpha value is -3.36. The number of rotatable bonds is 3. The lowest BCUT2D eigenvalue weighted by molar-refractivity contribution is -0.127. The summed E-state index contributed by atoms with van der Waals surface area (Å²) in [5, 5.41) is 3.56. The van der Waals surface area contributed by atoms with Crippen LogP contribution in [0.25, 0.3) is 0 Å². The smallest absolute Gasteiger partial charge is 0.298 e. The summed E-state index contributed by atoms with van der Waals surface area (Å²) in [7, 11) is -3.00. The van der Waals surface area contributed by atoms with Crippen molar-refractivity contribution in [2.45, 2.75) is 64.5 Å². The fourth-order valence-electron chi connectivity index (χ4n) is 6.94. The number of benzene rings is 1. The van der Waals surface area contributed by atoms with Gasteiger partial charge in [0, 0.05) is 45.3 Å². The Kier molecular flexibility index (Phi) is 8.03. The maximum Gasteiger partial charge on any atom is 0.298 e. The van der Waals surface area contributed by atoms with E-state index in [1.54, 1.807) is 13.3 Å². The van der Waals surface area contributed by atoms with E-state index in [-0.39, 0.29) is 23.5 Å². The molecule has 3 fully saturated rings. The molecule has 2 saturated heterocycles. The van der Waals surface area contributed by atoms with Gasteiger partial charge in [-0.1, -0.05) is 12.0 Å². The number of aryl methyl sites for hydroxylation is 1. The maximum atomic E-state index is 12.1. The van der Waals surface area contributed by atoms with Gasteiger partial charge in [0.1, 0.15) is 29.8 Å². The topological polar surface area (TPSA) is 108 Å². The molecule has 1 atom stereocenters. The molecule has 4 aliphatic rings. The summed E-state index contributed by atoms with van der Waals surface area (Å²) in [4.78, 5) is 27.7. The van der Waals surface area contributed by atoms with E-state index in [9.17, 15) is 13.2 Å². The Morgan fingerprint density at radius 3 is 2.43 bits per heavy atom. The van der Waals surface area contributed by atoms with Crippen LogP contribution in [0.5, 0.6) is 5.75 Å². The zero-order valence-electron chi connectivity index (χ0n) is 24.7. The molecule has 224 valence electrons. The Morgan fingerprint density at radius 1 is 1.02 bits per heavy atom. The molecular weight excluding hydrogens is 552 g/mol. The lowest BCUT2D eigenvalue weighted by atomic mass is 9.80. The van der Waals surface area contributed by atoms with Crippen LogP contribution in [-0.2, 0) is 14.6 Å². The van der Waals surface area contributed by atoms with Crippen LogP contribution in [0.3, 0.4) is 0 Å². The van der Waals surface area contributed by atoms with E-state index < -0.39 is 9.84 Å². The largest absolute Gasteiger partial charge is 0.483 e. The van der Waals surface area contributed by atoms with E-state index in [1.165, 1.54) is 5.56 Å². The SMILES string of the molecule is CC#CC(=O)N1CCN(C2CCC(c3cc(C)c4c(c3)Nc3ncnc(N5CCS(=O)(=O)CC5)c3[C@@H](C)O4)CC2)CC1. The van der Waals surface area contributed by atoms with Crippen molar-refractivity contribution in [3.63, 3.8) is 0 Å². The highest BCUT2D eigenvalue weighted by atomic mass is 32.2. The molecule has 1 aromatic carbocycles. The summed E-state index contributed by atoms with van der Waals surface area (Å²) in [5.74, 6) is 8.34. The molecule has 1 amide bonds. The molecule has 11 heteroatoms. The number of nitrogens with one attached hydrogen (secondary N) is 1. The van der Waals surface area contributed by atoms with E-state index in [4.69, 9.17) is 4.74 Å². The molecule has 1 aromatic heterocycles. The third-order valence-electron chi connectivity index (χ3n) is 9.28. The third-order valence-corrected chi connectivity index (χ3v) is 10.9. The van der Waals surface area contributed by atoms with E-state index >= 15 is 0 Å². The first-order chi connectivity index (χ1) is 20.2. The third kappa shape index (κ3) is 5.79. The molecule has 0 bridgehead atoms. The van der Waals surface area contributed by atoms with Crippen molar-refractivity contribution in [1.29, 1.82) is 0 Å². The number of fused-ring (bicyclic) bond motifs is 2. The van der Waals surface area contributed by atoms with E-state index in [0.29, 0.717) is 30.9 Å². The highest BCUT2D eigenvalue weighted by Crippen LogP contribution is 2.45. The highest BCUT2D eigenvalue weighted by molar-refractivity contribution is 7.91. The van der Waals surface area contributed by atoms with Crippen LogP contribution in [0.4, 0.5) is 17.3 Å².